The van der Waals surface area contributed by atoms with Crippen molar-refractivity contribution in [3.8, 4) is 0 Å². The van der Waals surface area contributed by atoms with Gasteiger partial charge in [-0.3, -0.25) is 9.80 Å². The van der Waals surface area contributed by atoms with Gasteiger partial charge in [-0.05, 0) is 0 Å². The molecule has 4 N–H and O–H groups in total. The molecule has 0 aromatic rings. The summed E-state index contributed by atoms with van der Waals surface area (Å²) in [7, 11) is 0. The van der Waals surface area contributed by atoms with Crippen molar-refractivity contribution in [1.82, 2.24) is 9.80 Å². The Morgan fingerprint density at radius 1 is 0.909 bits per heavy atom. The van der Waals surface area contributed by atoms with Gasteiger partial charge in [0, 0.05) is 45.9 Å². The lowest BCUT2D eigenvalue weighted by atomic mass is 10.3. The Balaban J connectivity index is 2.14. The fourth-order valence-electron chi connectivity index (χ4n) is 1.38. The third kappa shape index (κ3) is 2.75. The van der Waals surface area contributed by atoms with Gasteiger partial charge in [0.25, 0.3) is 0 Å². The van der Waals surface area contributed by atoms with E-state index in [1.54, 1.807) is 0 Å². The van der Waals surface area contributed by atoms with Gasteiger partial charge in [0.1, 0.15) is 0 Å². The average Bonchev–Trinajstić information content (AvgIpc) is 2.07. The largest absolute Gasteiger partial charge is 0.329 e. The predicted molar refractivity (Wildman–Crippen MR) is 46.1 cm³/mol. The molecule has 11 heavy (non-hydrogen) atoms. The second-order valence-electron chi connectivity index (χ2n) is 2.93. The molecule has 4 heteroatoms. The normalized spacial score (nSPS) is 22.4. The Hall–Kier alpha value is -0.160. The topological polar surface area (TPSA) is 58.5 Å². The Morgan fingerprint density at radius 3 is 1.91 bits per heavy atom. The molecule has 0 bridgehead atoms. The molecule has 1 heterocycles. The molecule has 1 aliphatic rings. The van der Waals surface area contributed by atoms with Crippen molar-refractivity contribution in [3.63, 3.8) is 0 Å². The van der Waals surface area contributed by atoms with Crippen LogP contribution in [0.15, 0.2) is 0 Å². The fourth-order valence-corrected chi connectivity index (χ4v) is 1.38. The van der Waals surface area contributed by atoms with Gasteiger partial charge in [-0.1, -0.05) is 0 Å². The van der Waals surface area contributed by atoms with Crippen molar-refractivity contribution in [2.24, 2.45) is 11.5 Å². The number of rotatable bonds is 3. The SMILES string of the molecule is NCCN1CCN(CN)CC1. The minimum atomic E-state index is 0.691. The van der Waals surface area contributed by atoms with E-state index in [9.17, 15) is 0 Å². The maximum Gasteiger partial charge on any atom is 0.0456 e. The molecule has 0 aliphatic carbocycles. The molecule has 0 atom stereocenters. The van der Waals surface area contributed by atoms with Crippen LogP contribution in [-0.4, -0.2) is 55.7 Å². The summed E-state index contributed by atoms with van der Waals surface area (Å²) in [6, 6.07) is 0. The standard InChI is InChI=1S/C7H18N4/c8-1-2-10-3-5-11(7-9)6-4-10/h1-9H2. The van der Waals surface area contributed by atoms with Gasteiger partial charge in [-0.15, -0.1) is 0 Å². The lowest BCUT2D eigenvalue weighted by Gasteiger charge is -2.33. The second kappa shape index (κ2) is 4.66. The molecular weight excluding hydrogens is 140 g/mol. The van der Waals surface area contributed by atoms with Gasteiger partial charge in [-0.25, -0.2) is 0 Å². The minimum Gasteiger partial charge on any atom is -0.329 e. The first-order chi connectivity index (χ1) is 5.36. The lowest BCUT2D eigenvalue weighted by Crippen LogP contribution is -2.49. The van der Waals surface area contributed by atoms with Crippen molar-refractivity contribution < 1.29 is 0 Å². The number of nitrogens with zero attached hydrogens (tertiary/aromatic N) is 2. The predicted octanol–water partition coefficient (Wildman–Crippen LogP) is -1.52. The molecule has 0 amide bonds. The summed E-state index contributed by atoms with van der Waals surface area (Å²) in [5.74, 6) is 0. The van der Waals surface area contributed by atoms with Crippen LogP contribution in [0.1, 0.15) is 0 Å². The molecule has 0 radical (unpaired) electrons. The van der Waals surface area contributed by atoms with E-state index in [4.69, 9.17) is 11.5 Å². The fraction of sp³-hybridized carbons (Fsp3) is 1.00. The zero-order valence-corrected chi connectivity index (χ0v) is 7.00. The van der Waals surface area contributed by atoms with Crippen molar-refractivity contribution in [2.45, 2.75) is 0 Å². The molecular formula is C7H18N4. The number of hydrogen-bond acceptors (Lipinski definition) is 4. The maximum absolute atomic E-state index is 5.51. The molecule has 0 spiro atoms. The minimum absolute atomic E-state index is 0.691. The smallest absolute Gasteiger partial charge is 0.0456 e. The molecule has 0 aromatic heterocycles. The summed E-state index contributed by atoms with van der Waals surface area (Å²) in [6.07, 6.45) is 0. The van der Waals surface area contributed by atoms with E-state index >= 15 is 0 Å². The average molecular weight is 158 g/mol. The third-order valence-electron chi connectivity index (χ3n) is 2.17. The van der Waals surface area contributed by atoms with E-state index < -0.39 is 0 Å². The number of nitrogens with two attached hydrogens (primary N) is 2. The van der Waals surface area contributed by atoms with Gasteiger partial charge < -0.3 is 11.5 Å². The van der Waals surface area contributed by atoms with E-state index in [2.05, 4.69) is 9.80 Å². The van der Waals surface area contributed by atoms with Crippen LogP contribution in [0.25, 0.3) is 0 Å². The highest BCUT2D eigenvalue weighted by Gasteiger charge is 2.13. The Bertz CT molecular complexity index is 98.6. The molecule has 4 nitrogen and oxygen atoms in total. The highest BCUT2D eigenvalue weighted by Crippen LogP contribution is 1.97. The van der Waals surface area contributed by atoms with Gasteiger partial charge in [0.15, 0.2) is 0 Å². The first kappa shape index (κ1) is 8.93. The summed E-state index contributed by atoms with van der Waals surface area (Å²) in [4.78, 5) is 4.64. The van der Waals surface area contributed by atoms with Crippen LogP contribution in [0.4, 0.5) is 0 Å². The molecule has 1 saturated heterocycles. The van der Waals surface area contributed by atoms with Crippen molar-refractivity contribution in [2.75, 3.05) is 45.9 Å². The molecule has 1 fully saturated rings. The Labute approximate surface area is 68.1 Å². The maximum atomic E-state index is 5.51. The molecule has 1 aliphatic heterocycles. The quantitative estimate of drug-likeness (QED) is 0.524. The summed E-state index contributed by atoms with van der Waals surface area (Å²) in [5.41, 5.74) is 11.0. The van der Waals surface area contributed by atoms with E-state index in [1.807, 2.05) is 0 Å². The third-order valence-corrected chi connectivity index (χ3v) is 2.17. The van der Waals surface area contributed by atoms with E-state index in [0.29, 0.717) is 6.67 Å². The van der Waals surface area contributed by atoms with Gasteiger partial charge in [0.2, 0.25) is 0 Å². The van der Waals surface area contributed by atoms with Gasteiger partial charge in [-0.2, -0.15) is 0 Å². The highest BCUT2D eigenvalue weighted by atomic mass is 15.3. The molecule has 0 saturated carbocycles. The van der Waals surface area contributed by atoms with Crippen LogP contribution in [0.5, 0.6) is 0 Å². The number of hydrogen-bond donors (Lipinski definition) is 2. The Morgan fingerprint density at radius 2 is 1.45 bits per heavy atom. The summed E-state index contributed by atoms with van der Waals surface area (Å²) in [6.45, 7) is 6.91. The van der Waals surface area contributed by atoms with E-state index in [-0.39, 0.29) is 0 Å². The molecule has 0 unspecified atom stereocenters. The monoisotopic (exact) mass is 158 g/mol. The van der Waals surface area contributed by atoms with E-state index in [1.165, 1.54) is 0 Å². The van der Waals surface area contributed by atoms with Crippen LogP contribution >= 0.6 is 0 Å². The van der Waals surface area contributed by atoms with E-state index in [0.717, 1.165) is 39.3 Å². The first-order valence-corrected chi connectivity index (χ1v) is 4.21. The first-order valence-electron chi connectivity index (χ1n) is 4.21. The summed E-state index contributed by atoms with van der Waals surface area (Å²) < 4.78 is 0. The molecule has 66 valence electrons. The van der Waals surface area contributed by atoms with Crippen LogP contribution in [-0.2, 0) is 0 Å². The summed E-state index contributed by atoms with van der Waals surface area (Å²) >= 11 is 0. The van der Waals surface area contributed by atoms with Crippen LogP contribution in [0.2, 0.25) is 0 Å². The zero-order chi connectivity index (χ0) is 8.10. The van der Waals surface area contributed by atoms with Crippen molar-refractivity contribution >= 4 is 0 Å². The van der Waals surface area contributed by atoms with Crippen molar-refractivity contribution in [1.29, 1.82) is 0 Å². The van der Waals surface area contributed by atoms with Crippen LogP contribution in [0.3, 0.4) is 0 Å². The Kier molecular flexibility index (Phi) is 3.79. The molecule has 1 rings (SSSR count). The van der Waals surface area contributed by atoms with Gasteiger partial charge >= 0.3 is 0 Å². The highest BCUT2D eigenvalue weighted by molar-refractivity contribution is 4.70. The molecule has 0 aromatic carbocycles. The lowest BCUT2D eigenvalue weighted by molar-refractivity contribution is 0.138. The van der Waals surface area contributed by atoms with Crippen molar-refractivity contribution in [3.05, 3.63) is 0 Å². The van der Waals surface area contributed by atoms with Crippen LogP contribution in [0, 0.1) is 0 Å². The van der Waals surface area contributed by atoms with Crippen LogP contribution < -0.4 is 11.5 Å². The second-order valence-corrected chi connectivity index (χ2v) is 2.93. The zero-order valence-electron chi connectivity index (χ0n) is 7.00. The number of piperazine rings is 1. The van der Waals surface area contributed by atoms with Gasteiger partial charge in [0.05, 0.1) is 0 Å². The summed E-state index contributed by atoms with van der Waals surface area (Å²) in [5, 5.41) is 0.